The second-order valence-electron chi connectivity index (χ2n) is 7.69. The first kappa shape index (κ1) is 19.9. The fourth-order valence-electron chi connectivity index (χ4n) is 3.50. The molecule has 0 atom stereocenters. The van der Waals surface area contributed by atoms with E-state index in [1.807, 2.05) is 4.57 Å². The molecule has 3 aromatic rings. The molecule has 3 aromatic heterocycles. The maximum Gasteiger partial charge on any atom is 0.413 e. The molecule has 162 valence electrons. The molecule has 2 aliphatic rings. The Hall–Kier alpha value is -3.05. The van der Waals surface area contributed by atoms with E-state index in [-0.39, 0.29) is 5.95 Å². The highest BCUT2D eigenvalue weighted by Crippen LogP contribution is 2.35. The minimum atomic E-state index is -1.14. The van der Waals surface area contributed by atoms with Crippen LogP contribution in [0, 0.1) is 5.92 Å². The van der Waals surface area contributed by atoms with E-state index in [1.54, 1.807) is 0 Å². The third-order valence-electron chi connectivity index (χ3n) is 5.46. The number of amides is 1. The summed E-state index contributed by atoms with van der Waals surface area (Å²) in [6.45, 7) is 3.37. The van der Waals surface area contributed by atoms with E-state index >= 15 is 0 Å². The van der Waals surface area contributed by atoms with Crippen LogP contribution in [-0.4, -0.2) is 74.0 Å². The van der Waals surface area contributed by atoms with Crippen LogP contribution in [0.2, 0.25) is 5.28 Å². The Morgan fingerprint density at radius 1 is 1.23 bits per heavy atom. The third kappa shape index (κ3) is 3.86. The molecule has 0 aromatic carbocycles. The van der Waals surface area contributed by atoms with E-state index in [9.17, 15) is 4.79 Å². The summed E-state index contributed by atoms with van der Waals surface area (Å²) in [5, 5.41) is 9.51. The van der Waals surface area contributed by atoms with Gasteiger partial charge in [0.15, 0.2) is 22.8 Å². The molecule has 11 nitrogen and oxygen atoms in total. The fraction of sp³-hybridized carbons (Fsp3) is 0.474. The Bertz CT molecular complexity index is 1130. The van der Waals surface area contributed by atoms with Crippen molar-refractivity contribution in [2.45, 2.75) is 19.4 Å². The van der Waals surface area contributed by atoms with Crippen molar-refractivity contribution in [1.29, 1.82) is 0 Å². The van der Waals surface area contributed by atoms with Gasteiger partial charge in [0, 0.05) is 39.1 Å². The normalized spacial score (nSPS) is 16.6. The average molecular weight is 445 g/mol. The Morgan fingerprint density at radius 2 is 1.94 bits per heavy atom. The van der Waals surface area contributed by atoms with Gasteiger partial charge >= 0.3 is 6.09 Å². The van der Waals surface area contributed by atoms with Gasteiger partial charge in [0.2, 0.25) is 11.2 Å². The molecule has 1 aliphatic carbocycles. The van der Waals surface area contributed by atoms with E-state index in [1.165, 1.54) is 32.3 Å². The fourth-order valence-corrected chi connectivity index (χ4v) is 3.73. The number of morpholine rings is 1. The first-order valence-electron chi connectivity index (χ1n) is 10.1. The first-order valence-corrected chi connectivity index (χ1v) is 10.4. The van der Waals surface area contributed by atoms with Gasteiger partial charge in [0.05, 0.1) is 18.8 Å². The van der Waals surface area contributed by atoms with Crippen molar-refractivity contribution < 1.29 is 14.6 Å². The minimum Gasteiger partial charge on any atom is -0.465 e. The minimum absolute atomic E-state index is 0.0764. The summed E-state index contributed by atoms with van der Waals surface area (Å²) in [7, 11) is 1.38. The Balaban J connectivity index is 1.61. The number of carboxylic acid groups (broad SMARTS) is 1. The molecule has 0 radical (unpaired) electrons. The second-order valence-corrected chi connectivity index (χ2v) is 8.03. The molecule has 1 saturated heterocycles. The summed E-state index contributed by atoms with van der Waals surface area (Å²) < 4.78 is 7.43. The number of ether oxygens (including phenoxy) is 1. The maximum absolute atomic E-state index is 11.1. The number of aromatic nitrogens is 6. The van der Waals surface area contributed by atoms with Crippen LogP contribution >= 0.6 is 11.6 Å². The number of rotatable bonds is 5. The highest BCUT2D eigenvalue weighted by atomic mass is 35.5. The summed E-state index contributed by atoms with van der Waals surface area (Å²) in [5.74, 6) is 1.81. The van der Waals surface area contributed by atoms with Gasteiger partial charge in [-0.3, -0.25) is 4.57 Å². The second kappa shape index (κ2) is 7.89. The van der Waals surface area contributed by atoms with Crippen molar-refractivity contribution >= 4 is 40.6 Å². The molecular formula is C19H21ClN8O3. The number of imidazole rings is 1. The highest BCUT2D eigenvalue weighted by molar-refractivity contribution is 6.29. The maximum atomic E-state index is 11.1. The van der Waals surface area contributed by atoms with Crippen LogP contribution in [0.25, 0.3) is 22.6 Å². The lowest BCUT2D eigenvalue weighted by molar-refractivity contribution is 0.122. The molecule has 1 N–H and O–H groups in total. The van der Waals surface area contributed by atoms with Crippen LogP contribution in [0.4, 0.5) is 16.6 Å². The van der Waals surface area contributed by atoms with E-state index in [4.69, 9.17) is 31.4 Å². The van der Waals surface area contributed by atoms with Gasteiger partial charge in [0.25, 0.3) is 0 Å². The zero-order valence-corrected chi connectivity index (χ0v) is 17.7. The predicted molar refractivity (Wildman–Crippen MR) is 114 cm³/mol. The van der Waals surface area contributed by atoms with Crippen molar-refractivity contribution in [3.05, 3.63) is 17.7 Å². The van der Waals surface area contributed by atoms with Crippen molar-refractivity contribution in [3.8, 4) is 11.4 Å². The average Bonchev–Trinajstić information content (AvgIpc) is 3.56. The Kier molecular flexibility index (Phi) is 5.06. The highest BCUT2D eigenvalue weighted by Gasteiger charge is 2.27. The molecule has 1 amide bonds. The zero-order chi connectivity index (χ0) is 21.5. The van der Waals surface area contributed by atoms with Crippen LogP contribution < -0.4 is 9.80 Å². The van der Waals surface area contributed by atoms with E-state index < -0.39 is 6.09 Å². The molecular weight excluding hydrogens is 424 g/mol. The smallest absolute Gasteiger partial charge is 0.413 e. The Morgan fingerprint density at radius 3 is 2.58 bits per heavy atom. The molecule has 0 spiro atoms. The van der Waals surface area contributed by atoms with Crippen LogP contribution in [0.15, 0.2) is 12.4 Å². The number of hydrogen-bond acceptors (Lipinski definition) is 8. The molecule has 0 unspecified atom stereocenters. The number of hydrogen-bond donors (Lipinski definition) is 1. The summed E-state index contributed by atoms with van der Waals surface area (Å²) in [6, 6.07) is 0. The predicted octanol–water partition coefficient (Wildman–Crippen LogP) is 2.30. The topological polar surface area (TPSA) is 122 Å². The number of nitrogens with zero attached hydrogens (tertiary/aromatic N) is 8. The molecule has 0 bridgehead atoms. The Labute approximate surface area is 182 Å². The van der Waals surface area contributed by atoms with Gasteiger partial charge in [-0.05, 0) is 30.4 Å². The molecule has 4 heterocycles. The van der Waals surface area contributed by atoms with Crippen molar-refractivity contribution in [3.63, 3.8) is 0 Å². The van der Waals surface area contributed by atoms with Gasteiger partial charge < -0.3 is 14.7 Å². The van der Waals surface area contributed by atoms with Gasteiger partial charge in [0.1, 0.15) is 0 Å². The van der Waals surface area contributed by atoms with Gasteiger partial charge in [-0.15, -0.1) is 0 Å². The first-order chi connectivity index (χ1) is 15.0. The monoisotopic (exact) mass is 444 g/mol. The summed E-state index contributed by atoms with van der Waals surface area (Å²) in [4.78, 5) is 36.6. The third-order valence-corrected chi connectivity index (χ3v) is 5.75. The number of halogens is 1. The lowest BCUT2D eigenvalue weighted by Crippen LogP contribution is -2.37. The van der Waals surface area contributed by atoms with Crippen molar-refractivity contribution in [1.82, 2.24) is 29.5 Å². The van der Waals surface area contributed by atoms with Crippen LogP contribution in [0.5, 0.6) is 0 Å². The van der Waals surface area contributed by atoms with Crippen LogP contribution in [-0.2, 0) is 11.3 Å². The summed E-state index contributed by atoms with van der Waals surface area (Å²) >= 11 is 6.49. The van der Waals surface area contributed by atoms with Crippen molar-refractivity contribution in [2.24, 2.45) is 5.92 Å². The molecule has 1 saturated carbocycles. The number of anilines is 2. The molecule has 2 fully saturated rings. The zero-order valence-electron chi connectivity index (χ0n) is 16.9. The largest absolute Gasteiger partial charge is 0.465 e. The van der Waals surface area contributed by atoms with Crippen LogP contribution in [0.3, 0.4) is 0 Å². The van der Waals surface area contributed by atoms with Gasteiger partial charge in [-0.2, -0.15) is 0 Å². The van der Waals surface area contributed by atoms with Crippen LogP contribution in [0.1, 0.15) is 12.8 Å². The van der Waals surface area contributed by atoms with E-state index in [2.05, 4.69) is 19.9 Å². The van der Waals surface area contributed by atoms with Crippen molar-refractivity contribution in [2.75, 3.05) is 43.2 Å². The van der Waals surface area contributed by atoms with E-state index in [0.29, 0.717) is 65.9 Å². The lowest BCUT2D eigenvalue weighted by Gasteiger charge is -2.28. The summed E-state index contributed by atoms with van der Waals surface area (Å²) in [5.41, 5.74) is 1.92. The molecule has 12 heteroatoms. The molecule has 1 aliphatic heterocycles. The van der Waals surface area contributed by atoms with Gasteiger partial charge in [-0.1, -0.05) is 0 Å². The van der Waals surface area contributed by atoms with E-state index in [0.717, 1.165) is 11.4 Å². The quantitative estimate of drug-likeness (QED) is 0.590. The number of fused-ring (bicyclic) bond motifs is 1. The molecule has 5 rings (SSSR count). The van der Waals surface area contributed by atoms with Gasteiger partial charge in [-0.25, -0.2) is 34.6 Å². The molecule has 31 heavy (non-hydrogen) atoms. The summed E-state index contributed by atoms with van der Waals surface area (Å²) in [6.07, 6.45) is 4.26. The standard InChI is InChI=1S/C19H21ClN8O3/c1-26(19(29)30)18-21-8-12(9-22-18)14-24-15(27-4-6-31-7-5-27)13-16(25-14)28(17(20)23-13)10-11-2-3-11/h8-9,11H,2-7,10H2,1H3,(H,29,30). The SMILES string of the molecule is CN(C(=O)O)c1ncc(-c2nc(N3CCOCC3)c3nc(Cl)n(CC4CC4)c3n2)cn1. The lowest BCUT2D eigenvalue weighted by atomic mass is 10.3. The number of carbonyl (C=O) groups is 1.